The molecule has 3 heterocycles. The number of aromatic nitrogens is 4. The molecule has 1 unspecified atom stereocenters. The van der Waals surface area contributed by atoms with Crippen molar-refractivity contribution in [3.63, 3.8) is 0 Å². The molecular formula is C21H22F2N6O. The van der Waals surface area contributed by atoms with Gasteiger partial charge in [0.2, 0.25) is 5.82 Å². The van der Waals surface area contributed by atoms with Crippen LogP contribution in [0.5, 0.6) is 0 Å². The summed E-state index contributed by atoms with van der Waals surface area (Å²) in [5.74, 6) is -1.38. The molecular weight excluding hydrogens is 390 g/mol. The molecule has 1 aromatic carbocycles. The number of halogens is 2. The van der Waals surface area contributed by atoms with Crippen LogP contribution in [-0.4, -0.2) is 44.1 Å². The van der Waals surface area contributed by atoms with Crippen LogP contribution in [0.3, 0.4) is 0 Å². The smallest absolute Gasteiger partial charge is 0.292 e. The number of benzene rings is 1. The highest BCUT2D eigenvalue weighted by Gasteiger charge is 2.32. The van der Waals surface area contributed by atoms with Crippen LogP contribution in [0.15, 0.2) is 36.7 Å². The lowest BCUT2D eigenvalue weighted by Gasteiger charge is -2.24. The second kappa shape index (κ2) is 8.56. The third kappa shape index (κ3) is 4.14. The lowest BCUT2D eigenvalue weighted by atomic mass is 10.0. The molecule has 7 nitrogen and oxygen atoms in total. The normalized spacial score (nSPS) is 16.1. The van der Waals surface area contributed by atoms with Crippen molar-refractivity contribution in [1.29, 1.82) is 0 Å². The minimum Gasteiger partial charge on any atom is -0.367 e. The fourth-order valence-electron chi connectivity index (χ4n) is 3.71. The first-order chi connectivity index (χ1) is 14.5. The summed E-state index contributed by atoms with van der Waals surface area (Å²) in [6.45, 7) is 2.45. The highest BCUT2D eigenvalue weighted by atomic mass is 19.1. The Balaban J connectivity index is 1.53. The van der Waals surface area contributed by atoms with Crippen LogP contribution in [-0.2, 0) is 6.42 Å². The van der Waals surface area contributed by atoms with Gasteiger partial charge in [0.1, 0.15) is 5.82 Å². The highest BCUT2D eigenvalue weighted by molar-refractivity contribution is 5.91. The number of nitrogens with zero attached hydrogens (tertiary/aromatic N) is 4. The molecule has 1 saturated heterocycles. The number of H-pyrrole nitrogens is 1. The number of likely N-dealkylation sites (tertiary alicyclic amines) is 1. The van der Waals surface area contributed by atoms with Crippen molar-refractivity contribution in [2.75, 3.05) is 18.4 Å². The maximum atomic E-state index is 14.5. The molecule has 9 heteroatoms. The Bertz CT molecular complexity index is 1040. The molecule has 0 spiro atoms. The summed E-state index contributed by atoms with van der Waals surface area (Å²) in [5.41, 5.74) is 1.80. The Hall–Kier alpha value is -3.36. The van der Waals surface area contributed by atoms with Crippen LogP contribution in [0.4, 0.5) is 14.6 Å². The molecule has 4 rings (SSSR count). The summed E-state index contributed by atoms with van der Waals surface area (Å²) in [5, 5.41) is 9.54. The Morgan fingerprint density at radius 3 is 2.97 bits per heavy atom. The molecule has 0 bridgehead atoms. The number of anilines is 1. The van der Waals surface area contributed by atoms with E-state index in [0.29, 0.717) is 19.5 Å². The highest BCUT2D eigenvalue weighted by Crippen LogP contribution is 2.33. The molecule has 0 saturated carbocycles. The van der Waals surface area contributed by atoms with E-state index in [1.165, 1.54) is 19.1 Å². The van der Waals surface area contributed by atoms with Gasteiger partial charge in [-0.1, -0.05) is 12.1 Å². The van der Waals surface area contributed by atoms with Crippen molar-refractivity contribution < 1.29 is 13.6 Å². The standard InChI is InChI=1S/C21H22F2N6O/c1-13-18(23)19(24-8-7-14-11-25-26-12-14)28-20(27-13)21(30)29-9-3-6-17(29)15-4-2-5-16(22)10-15/h2,4-5,10-12,17H,3,6-9H2,1H3,(H,25,26)(H,24,27,28). The van der Waals surface area contributed by atoms with Crippen molar-refractivity contribution in [3.8, 4) is 0 Å². The average Bonchev–Trinajstić information content (AvgIpc) is 3.42. The first-order valence-electron chi connectivity index (χ1n) is 9.85. The van der Waals surface area contributed by atoms with Gasteiger partial charge in [-0.2, -0.15) is 5.10 Å². The van der Waals surface area contributed by atoms with Gasteiger partial charge in [-0.25, -0.2) is 18.7 Å². The lowest BCUT2D eigenvalue weighted by molar-refractivity contribution is 0.0722. The van der Waals surface area contributed by atoms with E-state index in [-0.39, 0.29) is 35.1 Å². The quantitative estimate of drug-likeness (QED) is 0.648. The Morgan fingerprint density at radius 2 is 2.20 bits per heavy atom. The number of rotatable bonds is 6. The third-order valence-corrected chi connectivity index (χ3v) is 5.22. The zero-order chi connectivity index (χ0) is 21.1. The minimum atomic E-state index is -0.582. The van der Waals surface area contributed by atoms with Gasteiger partial charge in [0.05, 0.1) is 17.9 Å². The van der Waals surface area contributed by atoms with Gasteiger partial charge in [0.25, 0.3) is 5.91 Å². The third-order valence-electron chi connectivity index (χ3n) is 5.22. The van der Waals surface area contributed by atoms with Gasteiger partial charge in [0, 0.05) is 19.3 Å². The summed E-state index contributed by atoms with van der Waals surface area (Å²) >= 11 is 0. The Kier molecular flexibility index (Phi) is 5.69. The van der Waals surface area contributed by atoms with E-state index in [0.717, 1.165) is 24.0 Å². The second-order valence-corrected chi connectivity index (χ2v) is 7.29. The summed E-state index contributed by atoms with van der Waals surface area (Å²) in [4.78, 5) is 23.0. The van der Waals surface area contributed by atoms with Crippen LogP contribution in [0.2, 0.25) is 0 Å². The van der Waals surface area contributed by atoms with E-state index in [1.807, 2.05) is 0 Å². The van der Waals surface area contributed by atoms with Gasteiger partial charge in [0.15, 0.2) is 11.6 Å². The van der Waals surface area contributed by atoms with Gasteiger partial charge >= 0.3 is 0 Å². The molecule has 1 fully saturated rings. The number of carbonyl (C=O) groups excluding carboxylic acids is 1. The summed E-state index contributed by atoms with van der Waals surface area (Å²) in [6.07, 6.45) is 5.60. The Morgan fingerprint density at radius 1 is 1.33 bits per heavy atom. The van der Waals surface area contributed by atoms with E-state index in [4.69, 9.17) is 0 Å². The molecule has 30 heavy (non-hydrogen) atoms. The van der Waals surface area contributed by atoms with Crippen LogP contribution < -0.4 is 5.32 Å². The van der Waals surface area contributed by atoms with Gasteiger partial charge in [-0.3, -0.25) is 9.89 Å². The number of hydrogen-bond donors (Lipinski definition) is 2. The van der Waals surface area contributed by atoms with Gasteiger partial charge < -0.3 is 10.2 Å². The average molecular weight is 412 g/mol. The maximum absolute atomic E-state index is 14.5. The van der Waals surface area contributed by atoms with Crippen LogP contribution in [0.25, 0.3) is 0 Å². The number of aryl methyl sites for hydroxylation is 1. The molecule has 3 aromatic rings. The van der Waals surface area contributed by atoms with E-state index in [1.54, 1.807) is 29.4 Å². The fourth-order valence-corrected chi connectivity index (χ4v) is 3.71. The zero-order valence-electron chi connectivity index (χ0n) is 16.5. The fraction of sp³-hybridized carbons (Fsp3) is 0.333. The number of aromatic amines is 1. The predicted octanol–water partition coefficient (Wildman–Crippen LogP) is 3.42. The SMILES string of the molecule is Cc1nc(C(=O)N2CCCC2c2cccc(F)c2)nc(NCCc2cn[nH]c2)c1F. The van der Waals surface area contributed by atoms with Crippen molar-refractivity contribution in [2.45, 2.75) is 32.2 Å². The van der Waals surface area contributed by atoms with E-state index < -0.39 is 5.82 Å². The number of amides is 1. The summed E-state index contributed by atoms with van der Waals surface area (Å²) in [6, 6.07) is 6.00. The molecule has 2 N–H and O–H groups in total. The van der Waals surface area contributed by atoms with Crippen LogP contribution in [0.1, 0.15) is 46.3 Å². The van der Waals surface area contributed by atoms with E-state index >= 15 is 0 Å². The van der Waals surface area contributed by atoms with Crippen molar-refractivity contribution in [1.82, 2.24) is 25.1 Å². The first kappa shape index (κ1) is 19.9. The summed E-state index contributed by atoms with van der Waals surface area (Å²) < 4.78 is 28.2. The van der Waals surface area contributed by atoms with Crippen molar-refractivity contribution in [2.24, 2.45) is 0 Å². The second-order valence-electron chi connectivity index (χ2n) is 7.29. The van der Waals surface area contributed by atoms with Gasteiger partial charge in [-0.05, 0) is 49.4 Å². The number of nitrogens with one attached hydrogen (secondary N) is 2. The van der Waals surface area contributed by atoms with Crippen LogP contribution in [0, 0.1) is 18.6 Å². The topological polar surface area (TPSA) is 86.8 Å². The molecule has 1 aliphatic heterocycles. The van der Waals surface area contributed by atoms with E-state index in [9.17, 15) is 13.6 Å². The summed E-state index contributed by atoms with van der Waals surface area (Å²) in [7, 11) is 0. The van der Waals surface area contributed by atoms with E-state index in [2.05, 4.69) is 25.5 Å². The van der Waals surface area contributed by atoms with Crippen molar-refractivity contribution >= 4 is 11.7 Å². The Labute approximate surface area is 172 Å². The minimum absolute atomic E-state index is 0.00385. The molecule has 1 atom stereocenters. The number of carbonyl (C=O) groups is 1. The molecule has 156 valence electrons. The molecule has 1 amide bonds. The molecule has 0 radical (unpaired) electrons. The molecule has 0 aliphatic carbocycles. The molecule has 1 aliphatic rings. The monoisotopic (exact) mass is 412 g/mol. The largest absolute Gasteiger partial charge is 0.367 e. The van der Waals surface area contributed by atoms with Crippen LogP contribution >= 0.6 is 0 Å². The molecule has 2 aromatic heterocycles. The predicted molar refractivity (Wildman–Crippen MR) is 107 cm³/mol. The first-order valence-corrected chi connectivity index (χ1v) is 9.85. The number of hydrogen-bond acceptors (Lipinski definition) is 5. The lowest BCUT2D eigenvalue weighted by Crippen LogP contribution is -2.32. The van der Waals surface area contributed by atoms with Crippen molar-refractivity contribution in [3.05, 3.63) is 70.9 Å². The van der Waals surface area contributed by atoms with Gasteiger partial charge in [-0.15, -0.1) is 0 Å². The maximum Gasteiger partial charge on any atom is 0.292 e. The zero-order valence-corrected chi connectivity index (χ0v) is 16.5.